The fraction of sp³-hybridized carbons (Fsp3) is 0.348. The zero-order valence-electron chi connectivity index (χ0n) is 17.9. The van der Waals surface area contributed by atoms with Crippen LogP contribution in [0.5, 0.6) is 5.75 Å². The molecule has 1 unspecified atom stereocenters. The molecule has 1 atom stereocenters. The molecule has 31 heavy (non-hydrogen) atoms. The molecule has 0 N–H and O–H groups in total. The van der Waals surface area contributed by atoms with Crippen LogP contribution in [0.4, 0.5) is 5.95 Å². The van der Waals surface area contributed by atoms with Crippen LogP contribution in [-0.4, -0.2) is 45.5 Å². The Labute approximate surface area is 180 Å². The van der Waals surface area contributed by atoms with E-state index in [1.165, 1.54) is 17.0 Å². The molecule has 160 valence electrons. The van der Waals surface area contributed by atoms with E-state index in [0.717, 1.165) is 30.7 Å². The highest BCUT2D eigenvalue weighted by Gasteiger charge is 2.29. The maximum atomic E-state index is 13.2. The Bertz CT molecular complexity index is 1160. The molecule has 1 saturated heterocycles. The number of rotatable bonds is 5. The number of piperidine rings is 1. The molecule has 2 aromatic heterocycles. The van der Waals surface area contributed by atoms with Gasteiger partial charge in [-0.15, -0.1) is 0 Å². The predicted molar refractivity (Wildman–Crippen MR) is 118 cm³/mol. The number of anilines is 1. The van der Waals surface area contributed by atoms with Gasteiger partial charge >= 0.3 is 0 Å². The first kappa shape index (κ1) is 20.7. The van der Waals surface area contributed by atoms with Crippen molar-refractivity contribution in [1.82, 2.24) is 19.5 Å². The number of Topliss-reactive ketones (excluding diaryl/α,β-unsaturated/α-hetero) is 1. The number of ketones is 1. The van der Waals surface area contributed by atoms with Crippen molar-refractivity contribution in [3.05, 3.63) is 64.3 Å². The number of aryl methyl sites for hydroxylation is 1. The zero-order chi connectivity index (χ0) is 22.0. The number of methoxy groups -OCH3 is 1. The molecule has 0 aliphatic carbocycles. The summed E-state index contributed by atoms with van der Waals surface area (Å²) >= 11 is 0. The number of nitrogens with zero attached hydrogens (tertiary/aromatic N) is 5. The molecule has 8 nitrogen and oxygen atoms in total. The molecule has 3 aromatic rings. The first-order valence-electron chi connectivity index (χ1n) is 10.3. The van der Waals surface area contributed by atoms with Gasteiger partial charge in [0.05, 0.1) is 18.5 Å². The Morgan fingerprint density at radius 3 is 2.74 bits per heavy atom. The minimum atomic E-state index is -0.169. The van der Waals surface area contributed by atoms with Gasteiger partial charge in [-0.2, -0.15) is 0 Å². The topological polar surface area (TPSA) is 90.2 Å². The van der Waals surface area contributed by atoms with Gasteiger partial charge in [0, 0.05) is 43.9 Å². The van der Waals surface area contributed by atoms with Crippen molar-refractivity contribution in [2.24, 2.45) is 13.0 Å². The summed E-state index contributed by atoms with van der Waals surface area (Å²) in [6, 6.07) is 8.72. The minimum absolute atomic E-state index is 0.104. The van der Waals surface area contributed by atoms with E-state index in [4.69, 9.17) is 9.72 Å². The molecule has 1 fully saturated rings. The fourth-order valence-corrected chi connectivity index (χ4v) is 4.02. The average Bonchev–Trinajstić information content (AvgIpc) is 2.81. The highest BCUT2D eigenvalue weighted by molar-refractivity contribution is 5.98. The summed E-state index contributed by atoms with van der Waals surface area (Å²) in [4.78, 5) is 40.6. The highest BCUT2D eigenvalue weighted by atomic mass is 16.5. The standard InChI is InChI=1S/C23H25N5O3/c1-15-11-16(6-7-20(15)31-3)22(30)17-5-4-10-28(13-17)23-26-19(12-21(29)27(23)2)18-8-9-24-14-25-18/h6-9,11-12,14,17H,4-5,10,13H2,1-3H3. The molecule has 0 amide bonds. The minimum Gasteiger partial charge on any atom is -0.496 e. The highest BCUT2D eigenvalue weighted by Crippen LogP contribution is 2.27. The van der Waals surface area contributed by atoms with Gasteiger partial charge < -0.3 is 9.64 Å². The molecule has 0 bridgehead atoms. The summed E-state index contributed by atoms with van der Waals surface area (Å²) in [5, 5.41) is 0. The Morgan fingerprint density at radius 1 is 1.19 bits per heavy atom. The van der Waals surface area contributed by atoms with Crippen LogP contribution in [0.25, 0.3) is 11.4 Å². The van der Waals surface area contributed by atoms with E-state index < -0.39 is 0 Å². The third-order valence-corrected chi connectivity index (χ3v) is 5.71. The van der Waals surface area contributed by atoms with Crippen LogP contribution in [-0.2, 0) is 7.05 Å². The number of carbonyl (C=O) groups is 1. The molecular formula is C23H25N5O3. The Balaban J connectivity index is 1.61. The second-order valence-corrected chi connectivity index (χ2v) is 7.77. The van der Waals surface area contributed by atoms with Gasteiger partial charge in [-0.3, -0.25) is 14.2 Å². The maximum Gasteiger partial charge on any atom is 0.255 e. The Hall–Kier alpha value is -3.55. The number of carbonyl (C=O) groups excluding carboxylic acids is 1. The molecule has 4 rings (SSSR count). The number of benzene rings is 1. The molecule has 0 spiro atoms. The van der Waals surface area contributed by atoms with Crippen LogP contribution in [0.15, 0.2) is 47.7 Å². The molecule has 1 aromatic carbocycles. The summed E-state index contributed by atoms with van der Waals surface area (Å²) in [6.45, 7) is 3.18. The first-order valence-corrected chi connectivity index (χ1v) is 10.3. The van der Waals surface area contributed by atoms with Crippen molar-refractivity contribution in [1.29, 1.82) is 0 Å². The van der Waals surface area contributed by atoms with Gasteiger partial charge in [0.1, 0.15) is 12.1 Å². The zero-order valence-corrected chi connectivity index (χ0v) is 17.9. The van der Waals surface area contributed by atoms with Gasteiger partial charge in [-0.25, -0.2) is 15.0 Å². The monoisotopic (exact) mass is 419 g/mol. The van der Waals surface area contributed by atoms with E-state index in [-0.39, 0.29) is 17.3 Å². The van der Waals surface area contributed by atoms with Crippen molar-refractivity contribution < 1.29 is 9.53 Å². The Kier molecular flexibility index (Phi) is 5.79. The molecule has 1 aliphatic heterocycles. The summed E-state index contributed by atoms with van der Waals surface area (Å²) in [6.07, 6.45) is 4.70. The van der Waals surface area contributed by atoms with E-state index in [2.05, 4.69) is 9.97 Å². The summed E-state index contributed by atoms with van der Waals surface area (Å²) in [5.41, 5.74) is 2.54. The number of hydrogen-bond acceptors (Lipinski definition) is 7. The van der Waals surface area contributed by atoms with Crippen LogP contribution in [0.1, 0.15) is 28.8 Å². The summed E-state index contributed by atoms with van der Waals surface area (Å²) in [7, 11) is 3.32. The number of hydrogen-bond donors (Lipinski definition) is 0. The lowest BCUT2D eigenvalue weighted by Crippen LogP contribution is -2.42. The molecule has 1 aliphatic rings. The smallest absolute Gasteiger partial charge is 0.255 e. The van der Waals surface area contributed by atoms with Crippen molar-refractivity contribution in [3.8, 4) is 17.1 Å². The number of ether oxygens (including phenoxy) is 1. The molecule has 3 heterocycles. The molecule has 0 radical (unpaired) electrons. The maximum absolute atomic E-state index is 13.2. The van der Waals surface area contributed by atoms with Crippen molar-refractivity contribution in [3.63, 3.8) is 0 Å². The number of aromatic nitrogens is 4. The van der Waals surface area contributed by atoms with Crippen molar-refractivity contribution in [2.45, 2.75) is 19.8 Å². The van der Waals surface area contributed by atoms with Crippen LogP contribution in [0.3, 0.4) is 0 Å². The van der Waals surface area contributed by atoms with Crippen LogP contribution >= 0.6 is 0 Å². The van der Waals surface area contributed by atoms with Gasteiger partial charge in [0.25, 0.3) is 5.56 Å². The van der Waals surface area contributed by atoms with E-state index in [1.54, 1.807) is 26.4 Å². The SMILES string of the molecule is COc1ccc(C(=O)C2CCCN(c3nc(-c4ccncn4)cc(=O)n3C)C2)cc1C. The third-order valence-electron chi connectivity index (χ3n) is 5.71. The van der Waals surface area contributed by atoms with Crippen LogP contribution < -0.4 is 15.2 Å². The first-order chi connectivity index (χ1) is 15.0. The average molecular weight is 419 g/mol. The normalized spacial score (nSPS) is 16.2. The van der Waals surface area contributed by atoms with E-state index in [1.807, 2.05) is 30.0 Å². The fourth-order valence-electron chi connectivity index (χ4n) is 4.02. The van der Waals surface area contributed by atoms with E-state index in [0.29, 0.717) is 29.4 Å². The van der Waals surface area contributed by atoms with Gasteiger partial charge in [-0.05, 0) is 49.6 Å². The van der Waals surface area contributed by atoms with E-state index >= 15 is 0 Å². The van der Waals surface area contributed by atoms with Gasteiger partial charge in [0.2, 0.25) is 5.95 Å². The summed E-state index contributed by atoms with van der Waals surface area (Å²) < 4.78 is 6.83. The lowest BCUT2D eigenvalue weighted by atomic mass is 9.89. The molecule has 8 heteroatoms. The van der Waals surface area contributed by atoms with Gasteiger partial charge in [-0.1, -0.05) is 0 Å². The largest absolute Gasteiger partial charge is 0.496 e. The quantitative estimate of drug-likeness (QED) is 0.587. The van der Waals surface area contributed by atoms with Crippen molar-refractivity contribution >= 4 is 11.7 Å². The second-order valence-electron chi connectivity index (χ2n) is 7.77. The van der Waals surface area contributed by atoms with Crippen LogP contribution in [0, 0.1) is 12.8 Å². The lowest BCUT2D eigenvalue weighted by Gasteiger charge is -2.33. The lowest BCUT2D eigenvalue weighted by molar-refractivity contribution is 0.0906. The van der Waals surface area contributed by atoms with Gasteiger partial charge in [0.15, 0.2) is 5.78 Å². The summed E-state index contributed by atoms with van der Waals surface area (Å²) in [5.74, 6) is 1.25. The second kappa shape index (κ2) is 8.67. The predicted octanol–water partition coefficient (Wildman–Crippen LogP) is 2.65. The van der Waals surface area contributed by atoms with E-state index in [9.17, 15) is 9.59 Å². The van der Waals surface area contributed by atoms with Crippen molar-refractivity contribution in [2.75, 3.05) is 25.1 Å². The third kappa shape index (κ3) is 4.19. The Morgan fingerprint density at radius 2 is 2.03 bits per heavy atom. The van der Waals surface area contributed by atoms with Crippen LogP contribution in [0.2, 0.25) is 0 Å². The molecule has 0 saturated carbocycles. The molecular weight excluding hydrogens is 394 g/mol.